The van der Waals surface area contributed by atoms with Crippen LogP contribution in [0.15, 0.2) is 46.4 Å². The van der Waals surface area contributed by atoms with E-state index >= 15 is 0 Å². The molecule has 2 heterocycles. The van der Waals surface area contributed by atoms with Crippen LogP contribution in [0.5, 0.6) is 5.75 Å². The maximum absolute atomic E-state index is 5.38. The molecule has 0 N–H and O–H groups in total. The Hall–Kier alpha value is -1.26. The molecule has 2 nitrogen and oxygen atoms in total. The van der Waals surface area contributed by atoms with Gasteiger partial charge in [0.25, 0.3) is 0 Å². The predicted octanol–water partition coefficient (Wildman–Crippen LogP) is 4.52. The molecule has 3 aromatic rings. The van der Waals surface area contributed by atoms with Gasteiger partial charge in [-0.05, 0) is 45.6 Å². The van der Waals surface area contributed by atoms with Crippen molar-refractivity contribution in [1.29, 1.82) is 0 Å². The molecule has 0 amide bonds. The molecular weight excluding hydrogens is 310 g/mol. The molecule has 0 fully saturated rings. The normalized spacial score (nSPS) is 11.0. The lowest BCUT2D eigenvalue weighted by Crippen LogP contribution is -1.96. The molecule has 0 radical (unpaired) electrons. The van der Waals surface area contributed by atoms with E-state index in [0.29, 0.717) is 0 Å². The van der Waals surface area contributed by atoms with E-state index in [0.717, 1.165) is 17.7 Å². The molecule has 0 aliphatic heterocycles. The molecule has 18 heavy (non-hydrogen) atoms. The lowest BCUT2D eigenvalue weighted by molar-refractivity contribution is 0.420. The molecule has 0 atom stereocenters. The molecule has 92 valence electrons. The Morgan fingerprint density at radius 1 is 1.28 bits per heavy atom. The third kappa shape index (κ3) is 1.95. The van der Waals surface area contributed by atoms with Crippen LogP contribution in [-0.2, 0) is 6.54 Å². The molecule has 3 rings (SSSR count). The van der Waals surface area contributed by atoms with Crippen LogP contribution in [0, 0.1) is 0 Å². The number of halogens is 1. The summed E-state index contributed by atoms with van der Waals surface area (Å²) in [5.41, 5.74) is 1.20. The van der Waals surface area contributed by atoms with Crippen LogP contribution in [0.4, 0.5) is 0 Å². The Morgan fingerprint density at radius 2 is 2.17 bits per heavy atom. The van der Waals surface area contributed by atoms with E-state index in [4.69, 9.17) is 4.74 Å². The van der Waals surface area contributed by atoms with Gasteiger partial charge in [0, 0.05) is 20.9 Å². The molecule has 0 bridgehead atoms. The van der Waals surface area contributed by atoms with E-state index in [9.17, 15) is 0 Å². The van der Waals surface area contributed by atoms with E-state index in [1.54, 1.807) is 18.4 Å². The van der Waals surface area contributed by atoms with Crippen LogP contribution >= 0.6 is 27.3 Å². The van der Waals surface area contributed by atoms with Crippen molar-refractivity contribution in [2.24, 2.45) is 0 Å². The highest BCUT2D eigenvalue weighted by Gasteiger charge is 2.08. The van der Waals surface area contributed by atoms with Crippen molar-refractivity contribution in [2.45, 2.75) is 6.54 Å². The SMILES string of the molecule is COc1cccc2c1ccn2Cc1sccc1Br. The number of benzene rings is 1. The van der Waals surface area contributed by atoms with Gasteiger partial charge in [-0.3, -0.25) is 0 Å². The van der Waals surface area contributed by atoms with Gasteiger partial charge in [0.05, 0.1) is 19.2 Å². The number of hydrogen-bond acceptors (Lipinski definition) is 2. The Labute approximate surface area is 118 Å². The van der Waals surface area contributed by atoms with Crippen molar-refractivity contribution in [3.8, 4) is 5.75 Å². The van der Waals surface area contributed by atoms with Gasteiger partial charge in [0.2, 0.25) is 0 Å². The number of hydrogen-bond donors (Lipinski definition) is 0. The fourth-order valence-electron chi connectivity index (χ4n) is 2.10. The zero-order chi connectivity index (χ0) is 12.5. The van der Waals surface area contributed by atoms with Crippen LogP contribution in [0.2, 0.25) is 0 Å². The monoisotopic (exact) mass is 321 g/mol. The van der Waals surface area contributed by atoms with Gasteiger partial charge >= 0.3 is 0 Å². The maximum Gasteiger partial charge on any atom is 0.128 e. The largest absolute Gasteiger partial charge is 0.496 e. The zero-order valence-corrected chi connectivity index (χ0v) is 12.3. The first kappa shape index (κ1) is 11.8. The number of ether oxygens (including phenoxy) is 1. The average Bonchev–Trinajstić information content (AvgIpc) is 2.97. The van der Waals surface area contributed by atoms with E-state index in [2.05, 4.69) is 50.3 Å². The van der Waals surface area contributed by atoms with Crippen LogP contribution in [0.1, 0.15) is 4.88 Å². The Morgan fingerprint density at radius 3 is 2.89 bits per heavy atom. The molecule has 0 spiro atoms. The third-order valence-electron chi connectivity index (χ3n) is 3.00. The minimum atomic E-state index is 0.884. The fourth-order valence-corrected chi connectivity index (χ4v) is 3.58. The minimum absolute atomic E-state index is 0.884. The highest BCUT2D eigenvalue weighted by molar-refractivity contribution is 9.10. The van der Waals surface area contributed by atoms with Crippen molar-refractivity contribution in [2.75, 3.05) is 7.11 Å². The first-order chi connectivity index (χ1) is 8.79. The van der Waals surface area contributed by atoms with Gasteiger partial charge in [-0.25, -0.2) is 0 Å². The molecule has 0 aliphatic rings. The molecular formula is C14H12BrNOS. The number of thiophene rings is 1. The summed E-state index contributed by atoms with van der Waals surface area (Å²) < 4.78 is 8.80. The van der Waals surface area contributed by atoms with E-state index in [1.165, 1.54) is 14.9 Å². The summed E-state index contributed by atoms with van der Waals surface area (Å²) in [5, 5.41) is 3.26. The Bertz CT molecular complexity index is 686. The summed E-state index contributed by atoms with van der Waals surface area (Å²) in [6.45, 7) is 0.884. The molecule has 4 heteroatoms. The molecule has 2 aromatic heterocycles. The molecule has 0 aliphatic carbocycles. The average molecular weight is 322 g/mol. The Balaban J connectivity index is 2.06. The Kier molecular flexibility index (Phi) is 3.14. The van der Waals surface area contributed by atoms with Crippen LogP contribution in [0.3, 0.4) is 0 Å². The van der Waals surface area contributed by atoms with Crippen LogP contribution in [0.25, 0.3) is 10.9 Å². The summed E-state index contributed by atoms with van der Waals surface area (Å²) in [5.74, 6) is 0.927. The minimum Gasteiger partial charge on any atom is -0.496 e. The standard InChI is InChI=1S/C14H12BrNOS/c1-17-13-4-2-3-12-10(13)5-7-16(12)9-14-11(15)6-8-18-14/h2-8H,9H2,1H3. The quantitative estimate of drug-likeness (QED) is 0.691. The van der Waals surface area contributed by atoms with E-state index < -0.39 is 0 Å². The van der Waals surface area contributed by atoms with Crippen molar-refractivity contribution >= 4 is 38.2 Å². The van der Waals surface area contributed by atoms with Gasteiger partial charge in [0.15, 0.2) is 0 Å². The highest BCUT2D eigenvalue weighted by atomic mass is 79.9. The summed E-state index contributed by atoms with van der Waals surface area (Å²) in [4.78, 5) is 1.33. The van der Waals surface area contributed by atoms with E-state index in [-0.39, 0.29) is 0 Å². The van der Waals surface area contributed by atoms with Gasteiger partial charge in [0.1, 0.15) is 5.75 Å². The lowest BCUT2D eigenvalue weighted by Gasteiger charge is -2.06. The van der Waals surface area contributed by atoms with Crippen LogP contribution < -0.4 is 4.74 Å². The number of rotatable bonds is 3. The topological polar surface area (TPSA) is 14.2 Å². The second-order valence-corrected chi connectivity index (χ2v) is 5.88. The lowest BCUT2D eigenvalue weighted by atomic mass is 10.2. The predicted molar refractivity (Wildman–Crippen MR) is 79.6 cm³/mol. The number of nitrogens with zero attached hydrogens (tertiary/aromatic N) is 1. The summed E-state index contributed by atoms with van der Waals surface area (Å²) in [6, 6.07) is 10.3. The molecule has 0 saturated carbocycles. The third-order valence-corrected chi connectivity index (χ3v) is 4.91. The van der Waals surface area contributed by atoms with Crippen LogP contribution in [-0.4, -0.2) is 11.7 Å². The van der Waals surface area contributed by atoms with E-state index in [1.807, 2.05) is 12.1 Å². The molecule has 0 unspecified atom stereocenters. The maximum atomic E-state index is 5.38. The van der Waals surface area contributed by atoms with Crippen molar-refractivity contribution < 1.29 is 4.74 Å². The number of fused-ring (bicyclic) bond motifs is 1. The fraction of sp³-hybridized carbons (Fsp3) is 0.143. The van der Waals surface area contributed by atoms with Gasteiger partial charge in [-0.1, -0.05) is 6.07 Å². The van der Waals surface area contributed by atoms with Gasteiger partial charge < -0.3 is 9.30 Å². The van der Waals surface area contributed by atoms with Crippen molar-refractivity contribution in [1.82, 2.24) is 4.57 Å². The highest BCUT2D eigenvalue weighted by Crippen LogP contribution is 2.29. The van der Waals surface area contributed by atoms with Crippen molar-refractivity contribution in [3.05, 3.63) is 51.3 Å². The number of methoxy groups -OCH3 is 1. The second kappa shape index (κ2) is 4.78. The van der Waals surface area contributed by atoms with Gasteiger partial charge in [-0.15, -0.1) is 11.3 Å². The number of aromatic nitrogens is 1. The molecule has 0 saturated heterocycles. The summed E-state index contributed by atoms with van der Waals surface area (Å²) in [6.07, 6.45) is 2.11. The van der Waals surface area contributed by atoms with Gasteiger partial charge in [-0.2, -0.15) is 0 Å². The molecule has 1 aromatic carbocycles. The first-order valence-electron chi connectivity index (χ1n) is 5.63. The zero-order valence-electron chi connectivity index (χ0n) is 9.89. The second-order valence-electron chi connectivity index (χ2n) is 4.03. The summed E-state index contributed by atoms with van der Waals surface area (Å²) >= 11 is 5.34. The van der Waals surface area contributed by atoms with Crippen molar-refractivity contribution in [3.63, 3.8) is 0 Å². The smallest absolute Gasteiger partial charge is 0.128 e. The summed E-state index contributed by atoms with van der Waals surface area (Å²) in [7, 11) is 1.71. The first-order valence-corrected chi connectivity index (χ1v) is 7.30.